The van der Waals surface area contributed by atoms with Crippen LogP contribution in [0.15, 0.2) is 48.7 Å². The third kappa shape index (κ3) is 4.83. The number of aromatic nitrogens is 2. The summed E-state index contributed by atoms with van der Waals surface area (Å²) in [6.45, 7) is 6.83. The number of phenolic OH excluding ortho intramolecular Hbond substituents is 1. The third-order valence-corrected chi connectivity index (χ3v) is 6.09. The van der Waals surface area contributed by atoms with Crippen LogP contribution >= 0.6 is 0 Å². The fraction of sp³-hybridized carbons (Fsp3) is 0.292. The molecule has 2 N–H and O–H groups in total. The minimum Gasteiger partial charge on any atom is -0.506 e. The van der Waals surface area contributed by atoms with E-state index in [1.165, 1.54) is 22.6 Å². The molecule has 1 aliphatic heterocycles. The molecular formula is C24H26N4O4S. The molecule has 1 amide bonds. The molecule has 0 saturated heterocycles. The standard InChI is InChI=1S/C24H26N4O4S/c1-24(2,3)16-7-5-15(6-8-16)20-14-25-22-18(26-20)11-12-28(23(22)30)17-9-10-21(29)19(13-17)27-33(4,31)32/h5-10,13-14,27,29H,11-12H2,1-4H3. The lowest BCUT2D eigenvalue weighted by Crippen LogP contribution is -2.39. The lowest BCUT2D eigenvalue weighted by atomic mass is 9.86. The summed E-state index contributed by atoms with van der Waals surface area (Å²) in [5, 5.41) is 9.97. The number of anilines is 2. The van der Waals surface area contributed by atoms with Crippen molar-refractivity contribution in [2.45, 2.75) is 32.6 Å². The first kappa shape index (κ1) is 22.7. The van der Waals surface area contributed by atoms with Crippen LogP contribution in [0.5, 0.6) is 5.75 Å². The highest BCUT2D eigenvalue weighted by Crippen LogP contribution is 2.32. The van der Waals surface area contributed by atoms with Crippen molar-refractivity contribution in [2.75, 3.05) is 22.4 Å². The van der Waals surface area contributed by atoms with E-state index in [9.17, 15) is 18.3 Å². The molecule has 0 radical (unpaired) electrons. The minimum absolute atomic E-state index is 0.00809. The van der Waals surface area contributed by atoms with E-state index in [1.807, 2.05) is 12.1 Å². The SMILES string of the molecule is CC(C)(C)c1ccc(-c2cnc3c(n2)CCN(c2ccc(O)c(NS(C)(=O)=O)c2)C3=O)cc1. The summed E-state index contributed by atoms with van der Waals surface area (Å²) in [4.78, 5) is 23.7. The van der Waals surface area contributed by atoms with Crippen molar-refractivity contribution >= 4 is 27.3 Å². The van der Waals surface area contributed by atoms with E-state index in [1.54, 1.807) is 12.3 Å². The van der Waals surface area contributed by atoms with Crippen LogP contribution in [0.2, 0.25) is 0 Å². The zero-order valence-electron chi connectivity index (χ0n) is 19.0. The molecule has 0 spiro atoms. The van der Waals surface area contributed by atoms with Gasteiger partial charge in [0.05, 0.1) is 29.5 Å². The van der Waals surface area contributed by atoms with Crippen LogP contribution in [0.3, 0.4) is 0 Å². The van der Waals surface area contributed by atoms with Gasteiger partial charge in [0, 0.05) is 24.2 Å². The number of aromatic hydroxyl groups is 1. The zero-order chi connectivity index (χ0) is 24.0. The van der Waals surface area contributed by atoms with Crippen molar-refractivity contribution in [3.63, 3.8) is 0 Å². The average molecular weight is 467 g/mol. The molecule has 9 heteroatoms. The van der Waals surface area contributed by atoms with Gasteiger partial charge in [-0.2, -0.15) is 0 Å². The molecule has 3 aromatic rings. The number of hydrogen-bond donors (Lipinski definition) is 2. The fourth-order valence-electron chi connectivity index (χ4n) is 3.73. The first-order valence-corrected chi connectivity index (χ1v) is 12.4. The van der Waals surface area contributed by atoms with E-state index in [-0.39, 0.29) is 28.5 Å². The van der Waals surface area contributed by atoms with Crippen LogP contribution in [0.1, 0.15) is 42.5 Å². The lowest BCUT2D eigenvalue weighted by Gasteiger charge is -2.28. The number of benzene rings is 2. The molecule has 0 saturated carbocycles. The van der Waals surface area contributed by atoms with Gasteiger partial charge in [0.2, 0.25) is 10.0 Å². The first-order chi connectivity index (χ1) is 15.4. The molecule has 33 heavy (non-hydrogen) atoms. The largest absolute Gasteiger partial charge is 0.506 e. The molecule has 0 bridgehead atoms. The number of hydrogen-bond acceptors (Lipinski definition) is 6. The fourth-order valence-corrected chi connectivity index (χ4v) is 4.29. The number of amides is 1. The van der Waals surface area contributed by atoms with E-state index in [2.05, 4.69) is 42.6 Å². The predicted molar refractivity (Wildman–Crippen MR) is 128 cm³/mol. The Kier molecular flexibility index (Phi) is 5.61. The average Bonchev–Trinajstić information content (AvgIpc) is 2.74. The zero-order valence-corrected chi connectivity index (χ0v) is 19.8. The van der Waals surface area contributed by atoms with Crippen LogP contribution in [-0.2, 0) is 21.9 Å². The Hall–Kier alpha value is -3.46. The second kappa shape index (κ2) is 8.15. The van der Waals surface area contributed by atoms with Crippen molar-refractivity contribution in [3.05, 3.63) is 65.6 Å². The van der Waals surface area contributed by atoms with Crippen molar-refractivity contribution in [2.24, 2.45) is 0 Å². The van der Waals surface area contributed by atoms with Gasteiger partial charge in [-0.1, -0.05) is 45.0 Å². The summed E-state index contributed by atoms with van der Waals surface area (Å²) in [6.07, 6.45) is 3.09. The Morgan fingerprint density at radius 3 is 2.42 bits per heavy atom. The van der Waals surface area contributed by atoms with Gasteiger partial charge in [-0.15, -0.1) is 0 Å². The van der Waals surface area contributed by atoms with E-state index in [0.29, 0.717) is 30.0 Å². The smallest absolute Gasteiger partial charge is 0.278 e. The Bertz CT molecular complexity index is 1330. The van der Waals surface area contributed by atoms with Gasteiger partial charge in [-0.3, -0.25) is 9.52 Å². The van der Waals surface area contributed by atoms with E-state index in [0.717, 1.165) is 11.8 Å². The highest BCUT2D eigenvalue weighted by molar-refractivity contribution is 7.92. The second-order valence-corrected chi connectivity index (χ2v) is 10.9. The third-order valence-electron chi connectivity index (χ3n) is 5.50. The van der Waals surface area contributed by atoms with Crippen molar-refractivity contribution in [3.8, 4) is 17.0 Å². The van der Waals surface area contributed by atoms with Gasteiger partial charge >= 0.3 is 0 Å². The van der Waals surface area contributed by atoms with Crippen molar-refractivity contribution in [1.82, 2.24) is 9.97 Å². The monoisotopic (exact) mass is 466 g/mol. The molecule has 2 heterocycles. The van der Waals surface area contributed by atoms with Gasteiger partial charge < -0.3 is 10.0 Å². The molecular weight excluding hydrogens is 440 g/mol. The van der Waals surface area contributed by atoms with Crippen LogP contribution < -0.4 is 9.62 Å². The Labute approximate surface area is 193 Å². The molecule has 0 fully saturated rings. The summed E-state index contributed by atoms with van der Waals surface area (Å²) in [5.41, 5.74) is 4.28. The van der Waals surface area contributed by atoms with E-state index in [4.69, 9.17) is 4.98 Å². The van der Waals surface area contributed by atoms with Crippen LogP contribution in [-0.4, -0.2) is 42.2 Å². The summed E-state index contributed by atoms with van der Waals surface area (Å²) in [7, 11) is -3.59. The number of nitrogens with one attached hydrogen (secondary N) is 1. The second-order valence-electron chi connectivity index (χ2n) is 9.16. The summed E-state index contributed by atoms with van der Waals surface area (Å²) >= 11 is 0. The maximum atomic E-state index is 13.1. The molecule has 8 nitrogen and oxygen atoms in total. The summed E-state index contributed by atoms with van der Waals surface area (Å²) < 4.78 is 25.4. The number of carbonyl (C=O) groups excluding carboxylic acids is 1. The maximum Gasteiger partial charge on any atom is 0.278 e. The number of phenols is 1. The molecule has 0 aliphatic carbocycles. The van der Waals surface area contributed by atoms with Gasteiger partial charge in [-0.05, 0) is 29.2 Å². The number of fused-ring (bicyclic) bond motifs is 1. The Morgan fingerprint density at radius 2 is 1.79 bits per heavy atom. The Balaban J connectivity index is 1.61. The van der Waals surface area contributed by atoms with Crippen LogP contribution in [0.25, 0.3) is 11.3 Å². The lowest BCUT2D eigenvalue weighted by molar-refractivity contribution is 0.0974. The molecule has 172 valence electrons. The predicted octanol–water partition coefficient (Wildman–Crippen LogP) is 3.72. The van der Waals surface area contributed by atoms with E-state index < -0.39 is 10.0 Å². The maximum absolute atomic E-state index is 13.1. The molecule has 1 aromatic heterocycles. The number of rotatable bonds is 4. The molecule has 4 rings (SSSR count). The summed E-state index contributed by atoms with van der Waals surface area (Å²) in [5.74, 6) is -0.551. The van der Waals surface area contributed by atoms with Crippen molar-refractivity contribution in [1.29, 1.82) is 0 Å². The quantitative estimate of drug-likeness (QED) is 0.567. The molecule has 2 aromatic carbocycles. The topological polar surface area (TPSA) is 112 Å². The number of nitrogens with zero attached hydrogens (tertiary/aromatic N) is 3. The van der Waals surface area contributed by atoms with Gasteiger partial charge in [0.1, 0.15) is 11.4 Å². The molecule has 0 unspecified atom stereocenters. The van der Waals surface area contributed by atoms with Crippen LogP contribution in [0.4, 0.5) is 11.4 Å². The summed E-state index contributed by atoms with van der Waals surface area (Å²) in [6, 6.07) is 12.5. The normalized spacial score (nSPS) is 14.2. The molecule has 1 aliphatic rings. The van der Waals surface area contributed by atoms with Crippen LogP contribution in [0, 0.1) is 0 Å². The highest BCUT2D eigenvalue weighted by atomic mass is 32.2. The first-order valence-electron chi connectivity index (χ1n) is 10.5. The number of sulfonamides is 1. The molecule has 0 atom stereocenters. The van der Waals surface area contributed by atoms with Crippen molar-refractivity contribution < 1.29 is 18.3 Å². The van der Waals surface area contributed by atoms with Gasteiger partial charge in [0.25, 0.3) is 5.91 Å². The van der Waals surface area contributed by atoms with Gasteiger partial charge in [0.15, 0.2) is 0 Å². The highest BCUT2D eigenvalue weighted by Gasteiger charge is 2.29. The van der Waals surface area contributed by atoms with Gasteiger partial charge in [-0.25, -0.2) is 18.4 Å². The Morgan fingerprint density at radius 1 is 1.09 bits per heavy atom. The minimum atomic E-state index is -3.59. The number of carbonyl (C=O) groups is 1. The van der Waals surface area contributed by atoms with E-state index >= 15 is 0 Å².